The summed E-state index contributed by atoms with van der Waals surface area (Å²) in [6.07, 6.45) is 5.74. The lowest BCUT2D eigenvalue weighted by atomic mass is 9.89. The number of hydrogen-bond donors (Lipinski definition) is 2. The van der Waals surface area contributed by atoms with Crippen LogP contribution in [-0.2, 0) is 22.4 Å². The lowest BCUT2D eigenvalue weighted by Gasteiger charge is -2.21. The molecule has 1 aliphatic rings. The monoisotopic (exact) mass is 345 g/mol. The fourth-order valence-electron chi connectivity index (χ4n) is 3.26. The van der Waals surface area contributed by atoms with Crippen molar-refractivity contribution in [2.45, 2.75) is 52.0 Å². The summed E-state index contributed by atoms with van der Waals surface area (Å²) in [5.41, 5.74) is 4.03. The number of hydrogen-bond acceptors (Lipinski definition) is 3. The predicted molar refractivity (Wildman–Crippen MR) is 100 cm³/mol. The third-order valence-electron chi connectivity index (χ3n) is 4.65. The van der Waals surface area contributed by atoms with Crippen LogP contribution in [0, 0.1) is 0 Å². The molecule has 2 amide bonds. The van der Waals surface area contributed by atoms with Crippen molar-refractivity contribution in [1.82, 2.24) is 15.5 Å². The number of carbonyl (C=O) groups is 2. The van der Waals surface area contributed by atoms with E-state index in [-0.39, 0.29) is 30.9 Å². The first-order chi connectivity index (χ1) is 12.0. The quantitative estimate of drug-likeness (QED) is 0.759. The molecule has 1 aliphatic carbocycles. The number of rotatable bonds is 8. The molecule has 0 spiro atoms. The summed E-state index contributed by atoms with van der Waals surface area (Å²) in [6.45, 7) is 5.15. The molecule has 1 aromatic carbocycles. The first-order valence-corrected chi connectivity index (χ1v) is 9.36. The van der Waals surface area contributed by atoms with E-state index in [0.717, 1.165) is 18.4 Å². The van der Waals surface area contributed by atoms with Crippen molar-refractivity contribution in [2.24, 2.45) is 0 Å². The van der Waals surface area contributed by atoms with Crippen LogP contribution >= 0.6 is 0 Å². The minimum Gasteiger partial charge on any atom is -0.355 e. The maximum atomic E-state index is 12.2. The summed E-state index contributed by atoms with van der Waals surface area (Å²) >= 11 is 0. The average Bonchev–Trinajstić information content (AvgIpc) is 2.59. The third kappa shape index (κ3) is 6.16. The molecular formula is C20H31N3O2. The fraction of sp³-hybridized carbons (Fsp3) is 0.600. The SMILES string of the molecule is CCCNC(=O)CN(C)CC(=O)NC(C)c1ccc2c(c1)CCCC2. The lowest BCUT2D eigenvalue weighted by molar-refractivity contribution is -0.124. The Morgan fingerprint density at radius 3 is 2.52 bits per heavy atom. The van der Waals surface area contributed by atoms with Gasteiger partial charge in [0.25, 0.3) is 0 Å². The van der Waals surface area contributed by atoms with Crippen LogP contribution in [0.1, 0.15) is 55.8 Å². The van der Waals surface area contributed by atoms with Gasteiger partial charge in [0.2, 0.25) is 11.8 Å². The van der Waals surface area contributed by atoms with Crippen LogP contribution in [0.5, 0.6) is 0 Å². The van der Waals surface area contributed by atoms with E-state index >= 15 is 0 Å². The third-order valence-corrected chi connectivity index (χ3v) is 4.65. The Kier molecular flexibility index (Phi) is 7.44. The molecule has 0 aromatic heterocycles. The van der Waals surface area contributed by atoms with Crippen molar-refractivity contribution < 1.29 is 9.59 Å². The van der Waals surface area contributed by atoms with E-state index in [0.29, 0.717) is 6.54 Å². The number of nitrogens with zero attached hydrogens (tertiary/aromatic N) is 1. The zero-order valence-electron chi connectivity index (χ0n) is 15.7. The number of aryl methyl sites for hydroxylation is 2. The maximum Gasteiger partial charge on any atom is 0.234 e. The number of nitrogens with one attached hydrogen (secondary N) is 2. The Morgan fingerprint density at radius 1 is 1.12 bits per heavy atom. The standard InChI is InChI=1S/C20H31N3O2/c1-4-11-21-19(24)13-23(3)14-20(25)22-15(2)17-10-9-16-7-5-6-8-18(16)12-17/h9-10,12,15H,4-8,11,13-14H2,1-3H3,(H,21,24)(H,22,25). The van der Waals surface area contributed by atoms with Crippen molar-refractivity contribution in [3.8, 4) is 0 Å². The minimum absolute atomic E-state index is 0.0259. The molecule has 1 aromatic rings. The van der Waals surface area contributed by atoms with Crippen LogP contribution < -0.4 is 10.6 Å². The Morgan fingerprint density at radius 2 is 1.80 bits per heavy atom. The van der Waals surface area contributed by atoms with Crippen molar-refractivity contribution in [3.05, 3.63) is 34.9 Å². The van der Waals surface area contributed by atoms with Crippen molar-refractivity contribution >= 4 is 11.8 Å². The largest absolute Gasteiger partial charge is 0.355 e. The van der Waals surface area contributed by atoms with Crippen LogP contribution in [0.3, 0.4) is 0 Å². The van der Waals surface area contributed by atoms with E-state index in [1.807, 2.05) is 13.8 Å². The van der Waals surface area contributed by atoms with Crippen molar-refractivity contribution in [2.75, 3.05) is 26.7 Å². The normalized spacial score (nSPS) is 14.7. The number of likely N-dealkylation sites (N-methyl/N-ethyl adjacent to an activating group) is 1. The Labute approximate surface area is 151 Å². The summed E-state index contributed by atoms with van der Waals surface area (Å²) in [6, 6.07) is 6.54. The molecule has 138 valence electrons. The Hall–Kier alpha value is -1.88. The van der Waals surface area contributed by atoms with Gasteiger partial charge >= 0.3 is 0 Å². The molecule has 25 heavy (non-hydrogen) atoms. The molecule has 2 N–H and O–H groups in total. The molecule has 0 radical (unpaired) electrons. The first kappa shape index (κ1) is 19.4. The summed E-state index contributed by atoms with van der Waals surface area (Å²) < 4.78 is 0. The zero-order chi connectivity index (χ0) is 18.2. The number of benzene rings is 1. The van der Waals surface area contributed by atoms with Gasteiger partial charge in [0, 0.05) is 6.54 Å². The van der Waals surface area contributed by atoms with Gasteiger partial charge in [0.1, 0.15) is 0 Å². The van der Waals surface area contributed by atoms with Gasteiger partial charge in [-0.25, -0.2) is 0 Å². The molecule has 0 aliphatic heterocycles. The zero-order valence-corrected chi connectivity index (χ0v) is 15.7. The number of carbonyl (C=O) groups excluding carboxylic acids is 2. The highest BCUT2D eigenvalue weighted by atomic mass is 16.2. The second-order valence-corrected chi connectivity index (χ2v) is 7.05. The lowest BCUT2D eigenvalue weighted by Crippen LogP contribution is -2.41. The second kappa shape index (κ2) is 9.56. The van der Waals surface area contributed by atoms with Gasteiger partial charge in [-0.1, -0.05) is 25.1 Å². The van der Waals surface area contributed by atoms with Gasteiger partial charge in [-0.05, 0) is 62.8 Å². The van der Waals surface area contributed by atoms with Gasteiger partial charge in [-0.2, -0.15) is 0 Å². The molecule has 0 saturated carbocycles. The van der Waals surface area contributed by atoms with Gasteiger partial charge in [-0.3, -0.25) is 14.5 Å². The van der Waals surface area contributed by atoms with E-state index < -0.39 is 0 Å². The number of amides is 2. The fourth-order valence-corrected chi connectivity index (χ4v) is 3.26. The maximum absolute atomic E-state index is 12.2. The second-order valence-electron chi connectivity index (χ2n) is 7.05. The summed E-state index contributed by atoms with van der Waals surface area (Å²) in [5, 5.41) is 5.86. The summed E-state index contributed by atoms with van der Waals surface area (Å²) in [5.74, 6) is -0.101. The molecular weight excluding hydrogens is 314 g/mol. The van der Waals surface area contributed by atoms with Crippen LogP contribution in [0.2, 0.25) is 0 Å². The molecule has 5 heteroatoms. The van der Waals surface area contributed by atoms with E-state index in [4.69, 9.17) is 0 Å². The molecule has 0 heterocycles. The van der Waals surface area contributed by atoms with Crippen molar-refractivity contribution in [1.29, 1.82) is 0 Å². The molecule has 0 saturated heterocycles. The summed E-state index contributed by atoms with van der Waals surface area (Å²) in [4.78, 5) is 25.7. The van der Waals surface area contributed by atoms with Crippen LogP contribution in [0.25, 0.3) is 0 Å². The van der Waals surface area contributed by atoms with Gasteiger partial charge in [0.15, 0.2) is 0 Å². The molecule has 0 fully saturated rings. The highest BCUT2D eigenvalue weighted by Crippen LogP contribution is 2.24. The molecule has 1 unspecified atom stereocenters. The molecule has 2 rings (SSSR count). The van der Waals surface area contributed by atoms with Gasteiger partial charge in [-0.15, -0.1) is 0 Å². The Bertz CT molecular complexity index is 601. The average molecular weight is 345 g/mol. The first-order valence-electron chi connectivity index (χ1n) is 9.36. The van der Waals surface area contributed by atoms with E-state index in [9.17, 15) is 9.59 Å². The smallest absolute Gasteiger partial charge is 0.234 e. The highest BCUT2D eigenvalue weighted by Gasteiger charge is 2.15. The molecule has 1 atom stereocenters. The summed E-state index contributed by atoms with van der Waals surface area (Å²) in [7, 11) is 1.79. The Balaban J connectivity index is 1.82. The van der Waals surface area contributed by atoms with E-state index in [1.54, 1.807) is 11.9 Å². The number of fused-ring (bicyclic) bond motifs is 1. The highest BCUT2D eigenvalue weighted by molar-refractivity contribution is 5.81. The van der Waals surface area contributed by atoms with E-state index in [2.05, 4.69) is 28.8 Å². The van der Waals surface area contributed by atoms with E-state index in [1.165, 1.54) is 30.4 Å². The molecule has 5 nitrogen and oxygen atoms in total. The van der Waals surface area contributed by atoms with Crippen molar-refractivity contribution in [3.63, 3.8) is 0 Å². The molecule has 0 bridgehead atoms. The van der Waals surface area contributed by atoms with Gasteiger partial charge in [0.05, 0.1) is 19.1 Å². The van der Waals surface area contributed by atoms with Crippen LogP contribution in [0.15, 0.2) is 18.2 Å². The predicted octanol–water partition coefficient (Wildman–Crippen LogP) is 2.20. The van der Waals surface area contributed by atoms with Crippen LogP contribution in [0.4, 0.5) is 0 Å². The van der Waals surface area contributed by atoms with Crippen LogP contribution in [-0.4, -0.2) is 43.4 Å². The minimum atomic E-state index is -0.0592. The topological polar surface area (TPSA) is 61.4 Å². The van der Waals surface area contributed by atoms with Gasteiger partial charge < -0.3 is 10.6 Å².